The van der Waals surface area contributed by atoms with Crippen molar-refractivity contribution in [3.63, 3.8) is 0 Å². The Balaban J connectivity index is 1.93. The Bertz CT molecular complexity index is 715. The third kappa shape index (κ3) is 2.45. The van der Waals surface area contributed by atoms with Crippen LogP contribution in [0.25, 0.3) is 11.1 Å². The maximum Gasteiger partial charge on any atom is 0.235 e. The number of rotatable bonds is 4. The van der Waals surface area contributed by atoms with Crippen molar-refractivity contribution in [1.82, 2.24) is 4.98 Å². The molecule has 1 fully saturated rings. The lowest BCUT2D eigenvalue weighted by molar-refractivity contribution is 0.533. The lowest BCUT2D eigenvalue weighted by Gasteiger charge is -2.10. The Morgan fingerprint density at radius 1 is 1.37 bits per heavy atom. The van der Waals surface area contributed by atoms with Gasteiger partial charge in [-0.15, -0.1) is 0 Å². The molecular formula is C13H16N2O3S. The Morgan fingerprint density at radius 2 is 2.11 bits per heavy atom. The molecule has 0 saturated heterocycles. The standard InChI is InChI=1S/C13H16N2O3S/c1-8(2)19(16,17)15-10-5-6-12-11(7-10)14-13(18-12)9-3-4-9/h5-9,15H,3-4H2,1-2H3. The van der Waals surface area contributed by atoms with Gasteiger partial charge in [-0.1, -0.05) is 0 Å². The first-order valence-corrected chi connectivity index (χ1v) is 7.92. The molecule has 1 saturated carbocycles. The van der Waals surface area contributed by atoms with Crippen molar-refractivity contribution in [3.8, 4) is 0 Å². The average molecular weight is 280 g/mol. The molecule has 0 radical (unpaired) electrons. The predicted octanol–water partition coefficient (Wildman–Crippen LogP) is 2.86. The Kier molecular flexibility index (Phi) is 2.78. The van der Waals surface area contributed by atoms with Gasteiger partial charge in [-0.05, 0) is 44.9 Å². The van der Waals surface area contributed by atoms with Crippen molar-refractivity contribution >= 4 is 26.8 Å². The third-order valence-corrected chi connectivity index (χ3v) is 4.97. The molecule has 1 aromatic heterocycles. The second-order valence-corrected chi connectivity index (χ2v) is 7.44. The molecule has 1 heterocycles. The lowest BCUT2D eigenvalue weighted by Crippen LogP contribution is -2.22. The number of benzene rings is 1. The van der Waals surface area contributed by atoms with Gasteiger partial charge in [0.1, 0.15) is 5.52 Å². The van der Waals surface area contributed by atoms with Crippen molar-refractivity contribution in [1.29, 1.82) is 0 Å². The summed E-state index contributed by atoms with van der Waals surface area (Å²) in [5.74, 6) is 1.21. The van der Waals surface area contributed by atoms with E-state index in [0.29, 0.717) is 22.7 Å². The van der Waals surface area contributed by atoms with Gasteiger partial charge >= 0.3 is 0 Å². The fraction of sp³-hybridized carbons (Fsp3) is 0.462. The molecule has 5 nitrogen and oxygen atoms in total. The van der Waals surface area contributed by atoms with Gasteiger partial charge in [0.05, 0.1) is 10.9 Å². The van der Waals surface area contributed by atoms with E-state index in [-0.39, 0.29) is 0 Å². The van der Waals surface area contributed by atoms with Crippen molar-refractivity contribution in [2.24, 2.45) is 0 Å². The Hall–Kier alpha value is -1.56. The molecule has 0 aliphatic heterocycles. The molecule has 1 aromatic carbocycles. The molecule has 0 unspecified atom stereocenters. The van der Waals surface area contributed by atoms with Crippen molar-refractivity contribution < 1.29 is 12.8 Å². The Labute approximate surface area is 112 Å². The molecule has 2 aromatic rings. The maximum atomic E-state index is 11.8. The largest absolute Gasteiger partial charge is 0.440 e. The lowest BCUT2D eigenvalue weighted by atomic mass is 10.3. The van der Waals surface area contributed by atoms with E-state index < -0.39 is 15.3 Å². The second-order valence-electron chi connectivity index (χ2n) is 5.20. The highest BCUT2D eigenvalue weighted by molar-refractivity contribution is 7.93. The first-order chi connectivity index (χ1) is 8.95. The molecule has 0 amide bonds. The van der Waals surface area contributed by atoms with Crippen LogP contribution >= 0.6 is 0 Å². The number of nitrogens with one attached hydrogen (secondary N) is 1. The third-order valence-electron chi connectivity index (χ3n) is 3.21. The minimum Gasteiger partial charge on any atom is -0.440 e. The van der Waals surface area contributed by atoms with E-state index in [9.17, 15) is 8.42 Å². The number of hydrogen-bond acceptors (Lipinski definition) is 4. The normalized spacial score (nSPS) is 16.2. The summed E-state index contributed by atoms with van der Waals surface area (Å²) in [7, 11) is -3.33. The van der Waals surface area contributed by atoms with Crippen LogP contribution in [0.15, 0.2) is 22.6 Å². The Morgan fingerprint density at radius 3 is 2.74 bits per heavy atom. The summed E-state index contributed by atoms with van der Waals surface area (Å²) in [6, 6.07) is 5.17. The number of fused-ring (bicyclic) bond motifs is 1. The van der Waals surface area contributed by atoms with E-state index in [2.05, 4.69) is 9.71 Å². The number of hydrogen-bond donors (Lipinski definition) is 1. The summed E-state index contributed by atoms with van der Waals surface area (Å²) in [5.41, 5.74) is 1.93. The summed E-state index contributed by atoms with van der Waals surface area (Å²) >= 11 is 0. The molecule has 1 aliphatic carbocycles. The number of oxazole rings is 1. The van der Waals surface area contributed by atoms with Crippen LogP contribution in [0.5, 0.6) is 0 Å². The fourth-order valence-corrected chi connectivity index (χ4v) is 2.49. The zero-order valence-electron chi connectivity index (χ0n) is 10.9. The van der Waals surface area contributed by atoms with Crippen LogP contribution < -0.4 is 4.72 Å². The minimum atomic E-state index is -3.33. The average Bonchev–Trinajstić information content (AvgIpc) is 3.09. The molecule has 1 aliphatic rings. The molecule has 102 valence electrons. The van der Waals surface area contributed by atoms with Crippen LogP contribution in [0.2, 0.25) is 0 Å². The zero-order valence-corrected chi connectivity index (χ0v) is 11.7. The first-order valence-electron chi connectivity index (χ1n) is 6.38. The number of anilines is 1. The van der Waals surface area contributed by atoms with Gasteiger partial charge in [-0.25, -0.2) is 13.4 Å². The number of aromatic nitrogens is 1. The van der Waals surface area contributed by atoms with Crippen molar-refractivity contribution in [2.75, 3.05) is 4.72 Å². The summed E-state index contributed by atoms with van der Waals surface area (Å²) in [6.07, 6.45) is 2.25. The highest BCUT2D eigenvalue weighted by atomic mass is 32.2. The quantitative estimate of drug-likeness (QED) is 0.934. The summed E-state index contributed by atoms with van der Waals surface area (Å²) < 4.78 is 31.8. The number of nitrogens with zero attached hydrogens (tertiary/aromatic N) is 1. The van der Waals surface area contributed by atoms with Crippen LogP contribution in [0.3, 0.4) is 0 Å². The zero-order chi connectivity index (χ0) is 13.6. The van der Waals surface area contributed by atoms with Crippen LogP contribution in [-0.4, -0.2) is 18.7 Å². The van der Waals surface area contributed by atoms with Gasteiger partial charge in [-0.3, -0.25) is 4.72 Å². The van der Waals surface area contributed by atoms with Gasteiger partial charge in [0.25, 0.3) is 0 Å². The molecular weight excluding hydrogens is 264 g/mol. The van der Waals surface area contributed by atoms with E-state index in [0.717, 1.165) is 18.7 Å². The van der Waals surface area contributed by atoms with Crippen molar-refractivity contribution in [2.45, 2.75) is 37.9 Å². The first kappa shape index (κ1) is 12.5. The van der Waals surface area contributed by atoms with Crippen LogP contribution in [0, 0.1) is 0 Å². The molecule has 3 rings (SSSR count). The van der Waals surface area contributed by atoms with Gasteiger partial charge in [0.15, 0.2) is 11.5 Å². The maximum absolute atomic E-state index is 11.8. The molecule has 1 N–H and O–H groups in total. The molecule has 0 spiro atoms. The SMILES string of the molecule is CC(C)S(=O)(=O)Nc1ccc2oc(C3CC3)nc2c1. The summed E-state index contributed by atoms with van der Waals surface area (Å²) in [5, 5.41) is -0.470. The summed E-state index contributed by atoms with van der Waals surface area (Å²) in [4.78, 5) is 4.41. The second kappa shape index (κ2) is 4.23. The van der Waals surface area contributed by atoms with Crippen LogP contribution in [0.1, 0.15) is 38.5 Å². The summed E-state index contributed by atoms with van der Waals surface area (Å²) in [6.45, 7) is 3.28. The molecule has 0 atom stereocenters. The van der Waals surface area contributed by atoms with E-state index in [1.807, 2.05) is 0 Å². The topological polar surface area (TPSA) is 72.2 Å². The monoisotopic (exact) mass is 280 g/mol. The number of sulfonamides is 1. The van der Waals surface area contributed by atoms with E-state index in [1.165, 1.54) is 0 Å². The van der Waals surface area contributed by atoms with Gasteiger partial charge < -0.3 is 4.42 Å². The smallest absolute Gasteiger partial charge is 0.235 e. The molecule has 0 bridgehead atoms. The van der Waals surface area contributed by atoms with Gasteiger partial charge in [0, 0.05) is 5.92 Å². The predicted molar refractivity (Wildman–Crippen MR) is 73.7 cm³/mol. The van der Waals surface area contributed by atoms with E-state index in [1.54, 1.807) is 32.0 Å². The van der Waals surface area contributed by atoms with E-state index >= 15 is 0 Å². The van der Waals surface area contributed by atoms with Crippen molar-refractivity contribution in [3.05, 3.63) is 24.1 Å². The van der Waals surface area contributed by atoms with Gasteiger partial charge in [0.2, 0.25) is 10.0 Å². The van der Waals surface area contributed by atoms with Gasteiger partial charge in [-0.2, -0.15) is 0 Å². The highest BCUT2D eigenvalue weighted by Gasteiger charge is 2.29. The molecule has 6 heteroatoms. The van der Waals surface area contributed by atoms with Crippen LogP contribution in [-0.2, 0) is 10.0 Å². The van der Waals surface area contributed by atoms with Crippen LogP contribution in [0.4, 0.5) is 5.69 Å². The fourth-order valence-electron chi connectivity index (χ4n) is 1.80. The highest BCUT2D eigenvalue weighted by Crippen LogP contribution is 2.40. The van der Waals surface area contributed by atoms with E-state index in [4.69, 9.17) is 4.42 Å². The molecule has 19 heavy (non-hydrogen) atoms. The minimum absolute atomic E-state index is 0.447.